The Morgan fingerprint density at radius 1 is 1.42 bits per heavy atom. The molecule has 0 spiro atoms. The van der Waals surface area contributed by atoms with Crippen LogP contribution in [0.15, 0.2) is 24.3 Å². The van der Waals surface area contributed by atoms with Gasteiger partial charge in [0.1, 0.15) is 12.4 Å². The number of carbonyl (C=O) groups is 1. The second-order valence-electron chi connectivity index (χ2n) is 4.75. The van der Waals surface area contributed by atoms with Crippen LogP contribution in [0.2, 0.25) is 0 Å². The van der Waals surface area contributed by atoms with Gasteiger partial charge < -0.3 is 19.5 Å². The first-order chi connectivity index (χ1) is 9.33. The highest BCUT2D eigenvalue weighted by molar-refractivity contribution is 5.77. The first-order valence-corrected chi connectivity index (χ1v) is 6.61. The molecule has 2 heterocycles. The predicted molar refractivity (Wildman–Crippen MR) is 69.3 cm³/mol. The lowest BCUT2D eigenvalue weighted by Crippen LogP contribution is -2.39. The van der Waals surface area contributed by atoms with Gasteiger partial charge in [-0.1, -0.05) is 12.1 Å². The molecule has 0 aromatic heterocycles. The first kappa shape index (κ1) is 12.3. The number of fused-ring (bicyclic) bond motifs is 1. The average molecular weight is 263 g/mol. The average Bonchev–Trinajstić information content (AvgIpc) is 2.97. The summed E-state index contributed by atoms with van der Waals surface area (Å²) in [7, 11) is 0. The zero-order valence-corrected chi connectivity index (χ0v) is 10.6. The van der Waals surface area contributed by atoms with Gasteiger partial charge in [0.15, 0.2) is 0 Å². The maximum absolute atomic E-state index is 11.9. The Kier molecular flexibility index (Phi) is 3.55. The van der Waals surface area contributed by atoms with Crippen molar-refractivity contribution in [2.45, 2.75) is 25.0 Å². The summed E-state index contributed by atoms with van der Waals surface area (Å²) >= 11 is 0. The van der Waals surface area contributed by atoms with E-state index in [0.717, 1.165) is 25.1 Å². The molecular weight excluding hydrogens is 246 g/mol. The van der Waals surface area contributed by atoms with Crippen molar-refractivity contribution in [3.8, 4) is 5.75 Å². The van der Waals surface area contributed by atoms with Crippen LogP contribution in [-0.2, 0) is 14.3 Å². The summed E-state index contributed by atoms with van der Waals surface area (Å²) in [5, 5.41) is 3.16. The first-order valence-electron chi connectivity index (χ1n) is 6.61. The summed E-state index contributed by atoms with van der Waals surface area (Å²) in [6, 6.07) is 7.55. The molecule has 0 radical (unpaired) electrons. The molecule has 5 nitrogen and oxygen atoms in total. The van der Waals surface area contributed by atoms with Crippen LogP contribution in [0, 0.1) is 0 Å². The molecule has 102 valence electrons. The Bertz CT molecular complexity index is 457. The Balaban J connectivity index is 1.54. The standard InChI is InChI=1S/C14H17NO4/c16-14(18-9-10-4-3-7-17-10)13-8-15-11-5-1-2-6-12(11)19-13/h1-2,5-6,10,13,15H,3-4,7-9H2. The van der Waals surface area contributed by atoms with Crippen LogP contribution in [0.1, 0.15) is 12.8 Å². The number of hydrogen-bond donors (Lipinski definition) is 1. The number of hydrogen-bond acceptors (Lipinski definition) is 5. The van der Waals surface area contributed by atoms with Gasteiger partial charge in [-0.25, -0.2) is 4.79 Å². The van der Waals surface area contributed by atoms with E-state index in [-0.39, 0.29) is 12.1 Å². The molecule has 0 aliphatic carbocycles. The number of esters is 1. The van der Waals surface area contributed by atoms with Crippen LogP contribution in [-0.4, -0.2) is 37.9 Å². The molecule has 1 aromatic rings. The topological polar surface area (TPSA) is 56.8 Å². The van der Waals surface area contributed by atoms with Crippen LogP contribution in [0.5, 0.6) is 5.75 Å². The van der Waals surface area contributed by atoms with Crippen LogP contribution in [0.4, 0.5) is 5.69 Å². The van der Waals surface area contributed by atoms with E-state index in [9.17, 15) is 4.79 Å². The monoisotopic (exact) mass is 263 g/mol. The summed E-state index contributed by atoms with van der Waals surface area (Å²) in [6.45, 7) is 1.51. The van der Waals surface area contributed by atoms with Crippen LogP contribution in [0.25, 0.3) is 0 Å². The zero-order chi connectivity index (χ0) is 13.1. The predicted octanol–water partition coefficient (Wildman–Crippen LogP) is 1.58. The minimum Gasteiger partial charge on any atom is -0.475 e. The number of anilines is 1. The van der Waals surface area contributed by atoms with E-state index in [4.69, 9.17) is 14.2 Å². The van der Waals surface area contributed by atoms with Gasteiger partial charge >= 0.3 is 5.97 Å². The summed E-state index contributed by atoms with van der Waals surface area (Å²) < 4.78 is 16.3. The van der Waals surface area contributed by atoms with Gasteiger partial charge in [0.05, 0.1) is 18.3 Å². The van der Waals surface area contributed by atoms with Gasteiger partial charge in [-0.3, -0.25) is 0 Å². The quantitative estimate of drug-likeness (QED) is 0.839. The number of ether oxygens (including phenoxy) is 3. The van der Waals surface area contributed by atoms with Crippen molar-refractivity contribution >= 4 is 11.7 Å². The molecule has 2 unspecified atom stereocenters. The van der Waals surface area contributed by atoms with Gasteiger partial charge in [0, 0.05) is 6.61 Å². The second-order valence-corrected chi connectivity index (χ2v) is 4.75. The zero-order valence-electron chi connectivity index (χ0n) is 10.6. The number of nitrogens with one attached hydrogen (secondary N) is 1. The fourth-order valence-electron chi connectivity index (χ4n) is 2.29. The van der Waals surface area contributed by atoms with E-state index in [2.05, 4.69) is 5.32 Å². The maximum Gasteiger partial charge on any atom is 0.349 e. The molecule has 3 rings (SSSR count). The SMILES string of the molecule is O=C(OCC1CCCO1)C1CNc2ccccc2O1. The molecule has 2 atom stereocenters. The highest BCUT2D eigenvalue weighted by atomic mass is 16.6. The van der Waals surface area contributed by atoms with Gasteiger partial charge in [-0.2, -0.15) is 0 Å². The smallest absolute Gasteiger partial charge is 0.349 e. The molecule has 0 amide bonds. The molecule has 1 aromatic carbocycles. The molecule has 2 aliphatic heterocycles. The molecular formula is C14H17NO4. The van der Waals surface area contributed by atoms with Crippen LogP contribution in [0.3, 0.4) is 0 Å². The summed E-state index contributed by atoms with van der Waals surface area (Å²) in [4.78, 5) is 11.9. The van der Waals surface area contributed by atoms with Crippen molar-refractivity contribution in [2.75, 3.05) is 25.1 Å². The van der Waals surface area contributed by atoms with Crippen molar-refractivity contribution < 1.29 is 19.0 Å². The largest absolute Gasteiger partial charge is 0.475 e. The van der Waals surface area contributed by atoms with E-state index in [1.54, 1.807) is 0 Å². The molecule has 1 saturated heterocycles. The third-order valence-corrected chi connectivity index (χ3v) is 3.33. The maximum atomic E-state index is 11.9. The highest BCUT2D eigenvalue weighted by Gasteiger charge is 2.28. The van der Waals surface area contributed by atoms with E-state index >= 15 is 0 Å². The molecule has 5 heteroatoms. The van der Waals surface area contributed by atoms with Gasteiger partial charge in [0.2, 0.25) is 6.10 Å². The van der Waals surface area contributed by atoms with E-state index in [1.807, 2.05) is 24.3 Å². The van der Waals surface area contributed by atoms with Crippen molar-refractivity contribution in [1.29, 1.82) is 0 Å². The van der Waals surface area contributed by atoms with Crippen molar-refractivity contribution in [3.05, 3.63) is 24.3 Å². The number of benzene rings is 1. The summed E-state index contributed by atoms with van der Waals surface area (Å²) in [6.07, 6.45) is 1.46. The minimum atomic E-state index is -0.587. The highest BCUT2D eigenvalue weighted by Crippen LogP contribution is 2.28. The normalized spacial score (nSPS) is 25.1. The lowest BCUT2D eigenvalue weighted by Gasteiger charge is -2.26. The third kappa shape index (κ3) is 2.81. The molecule has 2 aliphatic rings. The molecule has 0 bridgehead atoms. The van der Waals surface area contributed by atoms with Gasteiger partial charge in [-0.15, -0.1) is 0 Å². The Morgan fingerprint density at radius 3 is 3.16 bits per heavy atom. The molecule has 0 saturated carbocycles. The molecule has 1 N–H and O–H groups in total. The van der Waals surface area contributed by atoms with Crippen molar-refractivity contribution in [2.24, 2.45) is 0 Å². The van der Waals surface area contributed by atoms with E-state index in [1.165, 1.54) is 0 Å². The lowest BCUT2D eigenvalue weighted by molar-refractivity contribution is -0.154. The molecule has 1 fully saturated rings. The number of carbonyl (C=O) groups excluding carboxylic acids is 1. The lowest BCUT2D eigenvalue weighted by atomic mass is 10.2. The Labute approximate surface area is 111 Å². The second kappa shape index (κ2) is 5.48. The fourth-order valence-corrected chi connectivity index (χ4v) is 2.29. The van der Waals surface area contributed by atoms with Gasteiger partial charge in [0.25, 0.3) is 0 Å². The summed E-state index contributed by atoms with van der Waals surface area (Å²) in [5.41, 5.74) is 0.908. The molecule has 19 heavy (non-hydrogen) atoms. The third-order valence-electron chi connectivity index (χ3n) is 3.33. The van der Waals surface area contributed by atoms with E-state index < -0.39 is 6.10 Å². The minimum absolute atomic E-state index is 0.0489. The van der Waals surface area contributed by atoms with Crippen LogP contribution >= 0.6 is 0 Å². The van der Waals surface area contributed by atoms with Crippen molar-refractivity contribution in [3.63, 3.8) is 0 Å². The number of para-hydroxylation sites is 2. The van der Waals surface area contributed by atoms with Crippen LogP contribution < -0.4 is 10.1 Å². The summed E-state index contributed by atoms with van der Waals surface area (Å²) in [5.74, 6) is 0.352. The van der Waals surface area contributed by atoms with E-state index in [0.29, 0.717) is 18.9 Å². The van der Waals surface area contributed by atoms with Gasteiger partial charge in [-0.05, 0) is 25.0 Å². The van der Waals surface area contributed by atoms with Crippen molar-refractivity contribution in [1.82, 2.24) is 0 Å². The fraction of sp³-hybridized carbons (Fsp3) is 0.500. The Hall–Kier alpha value is -1.75. The number of rotatable bonds is 3. The Morgan fingerprint density at radius 2 is 2.32 bits per heavy atom.